The predicted octanol–water partition coefficient (Wildman–Crippen LogP) is 1.18. The Kier molecular flexibility index (Phi) is 5.52. The number of carbonyl (C=O) groups excluding carboxylic acids is 1. The van der Waals surface area contributed by atoms with Gasteiger partial charge >= 0.3 is 6.18 Å². The maximum absolute atomic E-state index is 11.7. The zero-order valence-electron chi connectivity index (χ0n) is 8.03. The Morgan fingerprint density at radius 3 is 2.50 bits per heavy atom. The summed E-state index contributed by atoms with van der Waals surface area (Å²) in [6.45, 7) is 2.13. The summed E-state index contributed by atoms with van der Waals surface area (Å²) in [5.74, 6) is -0.984. The average molecular weight is 212 g/mol. The molecule has 0 heterocycles. The molecular weight excluding hydrogens is 197 g/mol. The van der Waals surface area contributed by atoms with Crippen LogP contribution in [0.5, 0.6) is 0 Å². The van der Waals surface area contributed by atoms with E-state index in [-0.39, 0.29) is 6.04 Å². The predicted molar refractivity (Wildman–Crippen MR) is 46.6 cm³/mol. The SMILES string of the molecule is CC(CCCN)NC(=O)CC(F)(F)F. The van der Waals surface area contributed by atoms with Gasteiger partial charge in [0.25, 0.3) is 0 Å². The fraction of sp³-hybridized carbons (Fsp3) is 0.875. The van der Waals surface area contributed by atoms with Crippen LogP contribution in [0.3, 0.4) is 0 Å². The van der Waals surface area contributed by atoms with Crippen LogP contribution in [-0.4, -0.2) is 24.7 Å². The molecule has 0 rings (SSSR count). The molecule has 0 aromatic carbocycles. The van der Waals surface area contributed by atoms with Gasteiger partial charge in [0.1, 0.15) is 6.42 Å². The summed E-state index contributed by atoms with van der Waals surface area (Å²) < 4.78 is 35.2. The lowest BCUT2D eigenvalue weighted by Crippen LogP contribution is -2.35. The Balaban J connectivity index is 3.71. The van der Waals surface area contributed by atoms with Crippen LogP contribution in [0.25, 0.3) is 0 Å². The summed E-state index contributed by atoms with van der Waals surface area (Å²) in [5.41, 5.74) is 5.22. The Morgan fingerprint density at radius 1 is 1.50 bits per heavy atom. The van der Waals surface area contributed by atoms with E-state index in [2.05, 4.69) is 5.32 Å². The van der Waals surface area contributed by atoms with Crippen LogP contribution >= 0.6 is 0 Å². The Morgan fingerprint density at radius 2 is 2.07 bits per heavy atom. The molecule has 0 aromatic rings. The van der Waals surface area contributed by atoms with Gasteiger partial charge in [0.05, 0.1) is 0 Å². The highest BCUT2D eigenvalue weighted by Gasteiger charge is 2.31. The number of alkyl halides is 3. The zero-order valence-corrected chi connectivity index (χ0v) is 8.03. The number of carbonyl (C=O) groups is 1. The van der Waals surface area contributed by atoms with Crippen LogP contribution in [-0.2, 0) is 4.79 Å². The van der Waals surface area contributed by atoms with Crippen LogP contribution in [0.2, 0.25) is 0 Å². The van der Waals surface area contributed by atoms with Crippen molar-refractivity contribution in [1.29, 1.82) is 0 Å². The van der Waals surface area contributed by atoms with Gasteiger partial charge in [-0.1, -0.05) is 0 Å². The summed E-state index contributed by atoms with van der Waals surface area (Å²) >= 11 is 0. The van der Waals surface area contributed by atoms with Crippen molar-refractivity contribution in [3.8, 4) is 0 Å². The molecule has 1 amide bonds. The summed E-state index contributed by atoms with van der Waals surface area (Å²) in [6.07, 6.45) is -4.56. The maximum atomic E-state index is 11.7. The van der Waals surface area contributed by atoms with Crippen molar-refractivity contribution >= 4 is 5.91 Å². The second kappa shape index (κ2) is 5.85. The molecule has 1 unspecified atom stereocenters. The van der Waals surface area contributed by atoms with Crippen LogP contribution < -0.4 is 11.1 Å². The van der Waals surface area contributed by atoms with Crippen LogP contribution in [0.15, 0.2) is 0 Å². The highest BCUT2D eigenvalue weighted by molar-refractivity contribution is 5.76. The first-order valence-electron chi connectivity index (χ1n) is 4.41. The van der Waals surface area contributed by atoms with Gasteiger partial charge in [0.15, 0.2) is 0 Å². The van der Waals surface area contributed by atoms with Crippen molar-refractivity contribution in [2.45, 2.75) is 38.4 Å². The third kappa shape index (κ3) is 7.85. The lowest BCUT2D eigenvalue weighted by Gasteiger charge is -2.14. The van der Waals surface area contributed by atoms with Crippen molar-refractivity contribution < 1.29 is 18.0 Å². The van der Waals surface area contributed by atoms with E-state index >= 15 is 0 Å². The molecule has 0 aliphatic heterocycles. The maximum Gasteiger partial charge on any atom is 0.397 e. The quantitative estimate of drug-likeness (QED) is 0.719. The first-order chi connectivity index (χ1) is 6.35. The van der Waals surface area contributed by atoms with E-state index < -0.39 is 18.5 Å². The molecule has 3 N–H and O–H groups in total. The fourth-order valence-corrected chi connectivity index (χ4v) is 1.00. The summed E-state index contributed by atoms with van der Waals surface area (Å²) in [6, 6.07) is -0.256. The summed E-state index contributed by atoms with van der Waals surface area (Å²) in [7, 11) is 0. The first kappa shape index (κ1) is 13.2. The molecule has 0 fully saturated rings. The zero-order chi connectivity index (χ0) is 11.2. The van der Waals surface area contributed by atoms with Gasteiger partial charge in [-0.15, -0.1) is 0 Å². The van der Waals surface area contributed by atoms with Crippen LogP contribution in [0, 0.1) is 0 Å². The standard InChI is InChI=1S/C8H15F3N2O/c1-6(3-2-4-12)13-7(14)5-8(9,10)11/h6H,2-5,12H2,1H3,(H,13,14). The molecule has 6 heteroatoms. The summed E-state index contributed by atoms with van der Waals surface area (Å²) in [5, 5.41) is 2.26. The molecule has 14 heavy (non-hydrogen) atoms. The molecular formula is C8H15F3N2O. The average Bonchev–Trinajstić information content (AvgIpc) is 1.96. The van der Waals surface area contributed by atoms with Gasteiger partial charge in [0, 0.05) is 6.04 Å². The van der Waals surface area contributed by atoms with Crippen LogP contribution in [0.1, 0.15) is 26.2 Å². The number of nitrogens with two attached hydrogens (primary N) is 1. The van der Waals surface area contributed by atoms with Crippen molar-refractivity contribution in [2.24, 2.45) is 5.73 Å². The number of hydrogen-bond acceptors (Lipinski definition) is 2. The first-order valence-corrected chi connectivity index (χ1v) is 4.41. The monoisotopic (exact) mass is 212 g/mol. The van der Waals surface area contributed by atoms with Gasteiger partial charge in [-0.05, 0) is 26.3 Å². The van der Waals surface area contributed by atoms with E-state index in [0.717, 1.165) is 0 Å². The van der Waals surface area contributed by atoms with Crippen molar-refractivity contribution in [3.05, 3.63) is 0 Å². The minimum atomic E-state index is -4.43. The van der Waals surface area contributed by atoms with Crippen LogP contribution in [0.4, 0.5) is 13.2 Å². The van der Waals surface area contributed by atoms with E-state index in [1.807, 2.05) is 0 Å². The highest BCUT2D eigenvalue weighted by Crippen LogP contribution is 2.19. The number of halogens is 3. The van der Waals surface area contributed by atoms with Gasteiger partial charge in [-0.2, -0.15) is 13.2 Å². The smallest absolute Gasteiger partial charge is 0.353 e. The third-order valence-corrected chi connectivity index (χ3v) is 1.61. The molecule has 0 saturated carbocycles. The topological polar surface area (TPSA) is 55.1 Å². The third-order valence-electron chi connectivity index (χ3n) is 1.61. The number of rotatable bonds is 5. The Hall–Kier alpha value is -0.780. The molecule has 0 bridgehead atoms. The lowest BCUT2D eigenvalue weighted by molar-refractivity contribution is -0.154. The van der Waals surface area contributed by atoms with Gasteiger partial charge in [0.2, 0.25) is 5.91 Å². The normalized spacial score (nSPS) is 13.8. The minimum Gasteiger partial charge on any atom is -0.353 e. The van der Waals surface area contributed by atoms with Crippen molar-refractivity contribution in [1.82, 2.24) is 5.32 Å². The van der Waals surface area contributed by atoms with Gasteiger partial charge in [-0.3, -0.25) is 4.79 Å². The Bertz CT molecular complexity index is 182. The molecule has 0 saturated heterocycles. The number of nitrogens with one attached hydrogen (secondary N) is 1. The summed E-state index contributed by atoms with van der Waals surface area (Å²) in [4.78, 5) is 10.8. The molecule has 84 valence electrons. The van der Waals surface area contributed by atoms with Crippen molar-refractivity contribution in [2.75, 3.05) is 6.54 Å². The molecule has 0 radical (unpaired) electrons. The molecule has 0 aliphatic carbocycles. The lowest BCUT2D eigenvalue weighted by atomic mass is 10.2. The van der Waals surface area contributed by atoms with Gasteiger partial charge in [-0.25, -0.2) is 0 Å². The largest absolute Gasteiger partial charge is 0.397 e. The number of amides is 1. The number of hydrogen-bond donors (Lipinski definition) is 2. The van der Waals surface area contributed by atoms with E-state index in [4.69, 9.17) is 5.73 Å². The molecule has 1 atom stereocenters. The second-order valence-corrected chi connectivity index (χ2v) is 3.19. The fourth-order valence-electron chi connectivity index (χ4n) is 1.00. The minimum absolute atomic E-state index is 0.256. The van der Waals surface area contributed by atoms with E-state index in [1.54, 1.807) is 6.92 Å². The molecule has 3 nitrogen and oxygen atoms in total. The Labute approximate surface area is 80.8 Å². The molecule has 0 aliphatic rings. The molecule has 0 aromatic heterocycles. The van der Waals surface area contributed by atoms with E-state index in [9.17, 15) is 18.0 Å². The van der Waals surface area contributed by atoms with E-state index in [0.29, 0.717) is 19.4 Å². The molecule has 0 spiro atoms. The highest BCUT2D eigenvalue weighted by atomic mass is 19.4. The second-order valence-electron chi connectivity index (χ2n) is 3.19. The van der Waals surface area contributed by atoms with Gasteiger partial charge < -0.3 is 11.1 Å². The van der Waals surface area contributed by atoms with Crippen molar-refractivity contribution in [3.63, 3.8) is 0 Å². The van der Waals surface area contributed by atoms with E-state index in [1.165, 1.54) is 0 Å².